The number of amides is 2. The average Bonchev–Trinajstić information content (AvgIpc) is 2.94. The first-order chi connectivity index (χ1) is 12.5. The molecule has 1 unspecified atom stereocenters. The zero-order valence-corrected chi connectivity index (χ0v) is 15.7. The molecule has 1 aliphatic heterocycles. The van der Waals surface area contributed by atoms with E-state index in [-0.39, 0.29) is 19.3 Å². The number of anilines is 1. The number of nitrogens with two attached hydrogens (primary N) is 1. The van der Waals surface area contributed by atoms with Crippen molar-refractivity contribution in [3.63, 3.8) is 0 Å². The number of hydrogen-bond donors (Lipinski definition) is 1. The monoisotopic (exact) mass is 401 g/mol. The number of hydroxylamine groups is 2. The standard InChI is InChI=1S/C17H21Cl2N3O4/c18-7-9-21(10-8-19)13-3-1-12(2-4-13)11-14(20)17(25)26-22-15(23)5-6-16(22)24/h1-4,14H,5-11,20H2. The topological polar surface area (TPSA) is 92.9 Å². The van der Waals surface area contributed by atoms with Crippen LogP contribution in [0.1, 0.15) is 18.4 Å². The van der Waals surface area contributed by atoms with E-state index in [1.807, 2.05) is 24.3 Å². The lowest BCUT2D eigenvalue weighted by Gasteiger charge is -2.23. The molecule has 0 spiro atoms. The molecular formula is C17H21Cl2N3O4. The Morgan fingerprint density at radius 1 is 1.12 bits per heavy atom. The largest absolute Gasteiger partial charge is 0.369 e. The fourth-order valence-electron chi connectivity index (χ4n) is 2.57. The average molecular weight is 402 g/mol. The maximum absolute atomic E-state index is 12.0. The Bertz CT molecular complexity index is 632. The van der Waals surface area contributed by atoms with Gasteiger partial charge in [0, 0.05) is 43.4 Å². The minimum atomic E-state index is -0.983. The Hall–Kier alpha value is -1.83. The lowest BCUT2D eigenvalue weighted by molar-refractivity contribution is -0.198. The highest BCUT2D eigenvalue weighted by atomic mass is 35.5. The molecule has 9 heteroatoms. The summed E-state index contributed by atoms with van der Waals surface area (Å²) in [6.07, 6.45) is 0.314. The van der Waals surface area contributed by atoms with Gasteiger partial charge in [0.1, 0.15) is 6.04 Å². The minimum Gasteiger partial charge on any atom is -0.369 e. The number of carbonyl (C=O) groups excluding carboxylic acids is 3. The number of alkyl halides is 2. The predicted molar refractivity (Wildman–Crippen MR) is 99.0 cm³/mol. The van der Waals surface area contributed by atoms with Crippen LogP contribution in [0.4, 0.5) is 5.69 Å². The first kappa shape index (κ1) is 20.5. The van der Waals surface area contributed by atoms with Gasteiger partial charge < -0.3 is 15.5 Å². The number of hydrogen-bond acceptors (Lipinski definition) is 6. The van der Waals surface area contributed by atoms with Crippen LogP contribution in [0.2, 0.25) is 0 Å². The van der Waals surface area contributed by atoms with Gasteiger partial charge in [0.2, 0.25) is 0 Å². The van der Waals surface area contributed by atoms with E-state index in [1.165, 1.54) is 0 Å². The molecule has 0 aromatic heterocycles. The van der Waals surface area contributed by atoms with E-state index >= 15 is 0 Å². The van der Waals surface area contributed by atoms with Crippen molar-refractivity contribution < 1.29 is 19.2 Å². The molecule has 26 heavy (non-hydrogen) atoms. The van der Waals surface area contributed by atoms with Gasteiger partial charge >= 0.3 is 5.97 Å². The summed E-state index contributed by atoms with van der Waals surface area (Å²) in [7, 11) is 0. The van der Waals surface area contributed by atoms with Crippen LogP contribution < -0.4 is 10.6 Å². The van der Waals surface area contributed by atoms with Crippen molar-refractivity contribution in [3.8, 4) is 0 Å². The zero-order valence-electron chi connectivity index (χ0n) is 14.2. The van der Waals surface area contributed by atoms with Gasteiger partial charge in [-0.05, 0) is 24.1 Å². The van der Waals surface area contributed by atoms with Crippen LogP contribution in [0.15, 0.2) is 24.3 Å². The molecule has 1 aromatic carbocycles. The van der Waals surface area contributed by atoms with Gasteiger partial charge in [0.05, 0.1) is 0 Å². The van der Waals surface area contributed by atoms with Crippen LogP contribution in [0.25, 0.3) is 0 Å². The summed E-state index contributed by atoms with van der Waals surface area (Å²) < 4.78 is 0. The molecule has 1 heterocycles. The summed E-state index contributed by atoms with van der Waals surface area (Å²) >= 11 is 11.6. The second kappa shape index (κ2) is 9.75. The summed E-state index contributed by atoms with van der Waals surface area (Å²) in [4.78, 5) is 41.8. The first-order valence-electron chi connectivity index (χ1n) is 8.25. The van der Waals surface area contributed by atoms with Crippen LogP contribution in [0.5, 0.6) is 0 Å². The van der Waals surface area contributed by atoms with Crippen LogP contribution in [-0.4, -0.2) is 53.7 Å². The van der Waals surface area contributed by atoms with E-state index < -0.39 is 23.8 Å². The molecule has 1 aromatic rings. The number of benzene rings is 1. The molecule has 0 saturated carbocycles. The Morgan fingerprint density at radius 3 is 2.15 bits per heavy atom. The highest BCUT2D eigenvalue weighted by Crippen LogP contribution is 2.17. The number of imide groups is 1. The second-order valence-corrected chi connectivity index (χ2v) is 6.59. The Kier molecular flexibility index (Phi) is 7.68. The van der Waals surface area contributed by atoms with Gasteiger partial charge in [-0.25, -0.2) is 4.79 Å². The van der Waals surface area contributed by atoms with Crippen molar-refractivity contribution in [1.82, 2.24) is 5.06 Å². The van der Waals surface area contributed by atoms with Crippen molar-refractivity contribution in [2.24, 2.45) is 5.73 Å². The summed E-state index contributed by atoms with van der Waals surface area (Å²) in [6.45, 7) is 1.36. The third kappa shape index (κ3) is 5.33. The zero-order chi connectivity index (χ0) is 19.1. The van der Waals surface area contributed by atoms with Crippen LogP contribution in [-0.2, 0) is 25.6 Å². The predicted octanol–water partition coefficient (Wildman–Crippen LogP) is 1.45. The van der Waals surface area contributed by atoms with Crippen molar-refractivity contribution in [2.75, 3.05) is 29.7 Å². The maximum atomic E-state index is 12.0. The highest BCUT2D eigenvalue weighted by molar-refractivity contribution is 6.18. The third-order valence-corrected chi connectivity index (χ3v) is 4.29. The molecule has 0 bridgehead atoms. The number of carbonyl (C=O) groups is 3. The number of nitrogens with zero attached hydrogens (tertiary/aromatic N) is 2. The lowest BCUT2D eigenvalue weighted by Crippen LogP contribution is -2.41. The Labute approximate surface area is 161 Å². The fraction of sp³-hybridized carbons (Fsp3) is 0.471. The normalized spacial score (nSPS) is 15.3. The Morgan fingerprint density at radius 2 is 1.65 bits per heavy atom. The molecule has 2 amide bonds. The summed E-state index contributed by atoms with van der Waals surface area (Å²) in [5, 5.41) is 0.501. The van der Waals surface area contributed by atoms with Gasteiger partial charge in [0.25, 0.3) is 11.8 Å². The summed E-state index contributed by atoms with van der Waals surface area (Å²) in [6, 6.07) is 6.53. The van der Waals surface area contributed by atoms with E-state index in [0.29, 0.717) is 29.9 Å². The molecule has 142 valence electrons. The van der Waals surface area contributed by atoms with Gasteiger partial charge in [-0.1, -0.05) is 12.1 Å². The van der Waals surface area contributed by atoms with Crippen molar-refractivity contribution in [3.05, 3.63) is 29.8 Å². The quantitative estimate of drug-likeness (QED) is 0.497. The van der Waals surface area contributed by atoms with E-state index in [1.54, 1.807) is 0 Å². The molecule has 1 saturated heterocycles. The van der Waals surface area contributed by atoms with E-state index in [4.69, 9.17) is 33.8 Å². The number of rotatable bonds is 9. The lowest BCUT2D eigenvalue weighted by atomic mass is 10.1. The molecule has 1 aliphatic rings. The second-order valence-electron chi connectivity index (χ2n) is 5.83. The molecule has 2 rings (SSSR count). The summed E-state index contributed by atoms with van der Waals surface area (Å²) in [5.41, 5.74) is 7.64. The number of halogens is 2. The molecule has 1 fully saturated rings. The maximum Gasteiger partial charge on any atom is 0.350 e. The Balaban J connectivity index is 1.93. The van der Waals surface area contributed by atoms with Crippen molar-refractivity contribution in [1.29, 1.82) is 0 Å². The highest BCUT2D eigenvalue weighted by Gasteiger charge is 2.34. The van der Waals surface area contributed by atoms with Gasteiger partial charge in [-0.2, -0.15) is 0 Å². The summed E-state index contributed by atoms with van der Waals surface area (Å²) in [5.74, 6) is -0.896. The van der Waals surface area contributed by atoms with Gasteiger partial charge in [0.15, 0.2) is 0 Å². The molecule has 2 N–H and O–H groups in total. The van der Waals surface area contributed by atoms with Gasteiger partial charge in [-0.15, -0.1) is 28.3 Å². The molecular weight excluding hydrogens is 381 g/mol. The van der Waals surface area contributed by atoms with Crippen LogP contribution >= 0.6 is 23.2 Å². The van der Waals surface area contributed by atoms with Crippen molar-refractivity contribution >= 4 is 46.7 Å². The molecule has 7 nitrogen and oxygen atoms in total. The third-order valence-electron chi connectivity index (χ3n) is 3.96. The van der Waals surface area contributed by atoms with Crippen LogP contribution in [0.3, 0.4) is 0 Å². The molecule has 1 atom stereocenters. The SMILES string of the molecule is NC(Cc1ccc(N(CCCl)CCCl)cc1)C(=O)ON1C(=O)CCC1=O. The van der Waals surface area contributed by atoms with Crippen LogP contribution in [0, 0.1) is 0 Å². The molecule has 0 radical (unpaired) electrons. The van der Waals surface area contributed by atoms with Gasteiger partial charge in [-0.3, -0.25) is 9.59 Å². The van der Waals surface area contributed by atoms with E-state index in [2.05, 4.69) is 4.90 Å². The van der Waals surface area contributed by atoms with E-state index in [9.17, 15) is 14.4 Å². The smallest absolute Gasteiger partial charge is 0.350 e. The first-order valence-corrected chi connectivity index (χ1v) is 9.32. The minimum absolute atomic E-state index is 0.0456. The fourth-order valence-corrected chi connectivity index (χ4v) is 2.98. The van der Waals surface area contributed by atoms with Crippen molar-refractivity contribution in [2.45, 2.75) is 25.3 Å². The molecule has 0 aliphatic carbocycles. The van der Waals surface area contributed by atoms with E-state index in [0.717, 1.165) is 11.3 Å².